The molecule has 5 heteroatoms. The molecule has 1 aromatic heterocycles. The van der Waals surface area contributed by atoms with Crippen LogP contribution in [0.15, 0.2) is 48.8 Å². The first-order chi connectivity index (χ1) is 9.16. The maximum Gasteiger partial charge on any atom is 0.248 e. The fraction of sp³-hybridized carbons (Fsp3) is 0. The summed E-state index contributed by atoms with van der Waals surface area (Å²) in [6, 6.07) is 12.7. The molecule has 0 atom stereocenters. The summed E-state index contributed by atoms with van der Waals surface area (Å²) in [7, 11) is 0. The van der Waals surface area contributed by atoms with Crippen molar-refractivity contribution in [2.24, 2.45) is 5.73 Å². The van der Waals surface area contributed by atoms with E-state index in [4.69, 9.17) is 17.3 Å². The fourth-order valence-corrected chi connectivity index (χ4v) is 2.28. The number of imidazole rings is 1. The standard InChI is InChI=1S/C14H10ClN3O/c15-10-7-9(14(16)19)5-6-12(10)18-8-17-11-3-1-2-4-13(11)18/h1-8H,(H2,16,19). The molecule has 0 radical (unpaired) electrons. The van der Waals surface area contributed by atoms with Gasteiger partial charge in [-0.3, -0.25) is 9.36 Å². The molecule has 0 spiro atoms. The Morgan fingerprint density at radius 3 is 2.74 bits per heavy atom. The topological polar surface area (TPSA) is 60.9 Å². The molecule has 19 heavy (non-hydrogen) atoms. The second-order valence-corrected chi connectivity index (χ2v) is 4.54. The first kappa shape index (κ1) is 11.7. The quantitative estimate of drug-likeness (QED) is 0.779. The van der Waals surface area contributed by atoms with Crippen molar-refractivity contribution in [3.05, 3.63) is 59.4 Å². The van der Waals surface area contributed by atoms with Gasteiger partial charge in [-0.05, 0) is 30.3 Å². The molecular formula is C14H10ClN3O. The Labute approximate surface area is 114 Å². The number of amides is 1. The van der Waals surface area contributed by atoms with Gasteiger partial charge in [0.25, 0.3) is 0 Å². The molecule has 0 fully saturated rings. The first-order valence-electron chi connectivity index (χ1n) is 5.68. The van der Waals surface area contributed by atoms with Gasteiger partial charge in [-0.1, -0.05) is 23.7 Å². The monoisotopic (exact) mass is 271 g/mol. The zero-order chi connectivity index (χ0) is 13.4. The van der Waals surface area contributed by atoms with Gasteiger partial charge < -0.3 is 5.73 Å². The third-order valence-electron chi connectivity index (χ3n) is 2.95. The van der Waals surface area contributed by atoms with Crippen LogP contribution >= 0.6 is 11.6 Å². The van der Waals surface area contributed by atoms with Crippen LogP contribution in [0.3, 0.4) is 0 Å². The predicted molar refractivity (Wildman–Crippen MR) is 74.6 cm³/mol. The van der Waals surface area contributed by atoms with E-state index in [9.17, 15) is 4.79 Å². The normalized spacial score (nSPS) is 10.8. The Morgan fingerprint density at radius 2 is 2.00 bits per heavy atom. The number of aromatic nitrogens is 2. The molecule has 0 aliphatic rings. The number of primary amides is 1. The number of carbonyl (C=O) groups is 1. The number of rotatable bonds is 2. The number of halogens is 1. The summed E-state index contributed by atoms with van der Waals surface area (Å²) in [6.45, 7) is 0. The van der Waals surface area contributed by atoms with E-state index in [-0.39, 0.29) is 0 Å². The minimum atomic E-state index is -0.496. The van der Waals surface area contributed by atoms with E-state index in [0.717, 1.165) is 16.7 Å². The smallest absolute Gasteiger partial charge is 0.248 e. The number of fused-ring (bicyclic) bond motifs is 1. The molecule has 1 amide bonds. The van der Waals surface area contributed by atoms with Crippen LogP contribution < -0.4 is 5.73 Å². The van der Waals surface area contributed by atoms with Crippen molar-refractivity contribution in [1.29, 1.82) is 0 Å². The average molecular weight is 272 g/mol. The molecule has 0 saturated heterocycles. The van der Waals surface area contributed by atoms with Crippen molar-refractivity contribution in [2.45, 2.75) is 0 Å². The molecule has 0 unspecified atom stereocenters. The van der Waals surface area contributed by atoms with Crippen molar-refractivity contribution >= 4 is 28.5 Å². The van der Waals surface area contributed by atoms with Crippen molar-refractivity contribution in [2.75, 3.05) is 0 Å². The third-order valence-corrected chi connectivity index (χ3v) is 3.25. The summed E-state index contributed by atoms with van der Waals surface area (Å²) in [5.74, 6) is -0.496. The Kier molecular flexibility index (Phi) is 2.72. The second kappa shape index (κ2) is 4.40. The van der Waals surface area contributed by atoms with E-state index in [1.807, 2.05) is 28.8 Å². The summed E-state index contributed by atoms with van der Waals surface area (Å²) in [6.07, 6.45) is 1.70. The molecule has 0 bridgehead atoms. The van der Waals surface area contributed by atoms with Gasteiger partial charge in [0.05, 0.1) is 21.7 Å². The number of carbonyl (C=O) groups excluding carboxylic acids is 1. The van der Waals surface area contributed by atoms with Crippen molar-refractivity contribution in [3.63, 3.8) is 0 Å². The lowest BCUT2D eigenvalue weighted by Gasteiger charge is -2.07. The first-order valence-corrected chi connectivity index (χ1v) is 6.06. The van der Waals surface area contributed by atoms with Crippen LogP contribution in [0.2, 0.25) is 5.02 Å². The van der Waals surface area contributed by atoms with Crippen LogP contribution in [0.25, 0.3) is 16.7 Å². The zero-order valence-corrected chi connectivity index (χ0v) is 10.6. The van der Waals surface area contributed by atoms with E-state index in [1.54, 1.807) is 24.5 Å². The lowest BCUT2D eigenvalue weighted by molar-refractivity contribution is 0.100. The van der Waals surface area contributed by atoms with E-state index < -0.39 is 5.91 Å². The minimum Gasteiger partial charge on any atom is -0.366 e. The minimum absolute atomic E-state index is 0.387. The second-order valence-electron chi connectivity index (χ2n) is 4.13. The molecule has 4 nitrogen and oxygen atoms in total. The van der Waals surface area contributed by atoms with Crippen LogP contribution in [-0.2, 0) is 0 Å². The van der Waals surface area contributed by atoms with Crippen LogP contribution in [0.1, 0.15) is 10.4 Å². The van der Waals surface area contributed by atoms with Gasteiger partial charge in [-0.2, -0.15) is 0 Å². The third kappa shape index (κ3) is 1.96. The van der Waals surface area contributed by atoms with Crippen LogP contribution in [0, 0.1) is 0 Å². The lowest BCUT2D eigenvalue weighted by atomic mass is 10.2. The highest BCUT2D eigenvalue weighted by atomic mass is 35.5. The SMILES string of the molecule is NC(=O)c1ccc(-n2cnc3ccccc32)c(Cl)c1. The Morgan fingerprint density at radius 1 is 1.21 bits per heavy atom. The largest absolute Gasteiger partial charge is 0.366 e. The summed E-state index contributed by atoms with van der Waals surface area (Å²) < 4.78 is 1.88. The number of hydrogen-bond acceptors (Lipinski definition) is 2. The Bertz CT molecular complexity index is 779. The van der Waals surface area contributed by atoms with Crippen molar-refractivity contribution < 1.29 is 4.79 Å². The molecule has 94 valence electrons. The van der Waals surface area contributed by atoms with Gasteiger partial charge in [0.1, 0.15) is 6.33 Å². The molecule has 0 saturated carbocycles. The highest BCUT2D eigenvalue weighted by Crippen LogP contribution is 2.25. The predicted octanol–water partition coefficient (Wildman–Crippen LogP) is 2.78. The van der Waals surface area contributed by atoms with Crippen LogP contribution in [0.4, 0.5) is 0 Å². The highest BCUT2D eigenvalue weighted by molar-refractivity contribution is 6.32. The summed E-state index contributed by atoms with van der Waals surface area (Å²) in [5.41, 5.74) is 8.22. The molecule has 3 rings (SSSR count). The lowest BCUT2D eigenvalue weighted by Crippen LogP contribution is -2.11. The van der Waals surface area contributed by atoms with Gasteiger partial charge in [0.2, 0.25) is 5.91 Å². The molecular weight excluding hydrogens is 262 g/mol. The van der Waals surface area contributed by atoms with E-state index in [1.165, 1.54) is 0 Å². The highest BCUT2D eigenvalue weighted by Gasteiger charge is 2.09. The maximum atomic E-state index is 11.1. The van der Waals surface area contributed by atoms with Gasteiger partial charge in [-0.15, -0.1) is 0 Å². The van der Waals surface area contributed by atoms with Gasteiger partial charge >= 0.3 is 0 Å². The molecule has 3 aromatic rings. The number of nitrogens with zero attached hydrogens (tertiary/aromatic N) is 2. The molecule has 2 aromatic carbocycles. The van der Waals surface area contributed by atoms with Crippen molar-refractivity contribution in [3.8, 4) is 5.69 Å². The fourth-order valence-electron chi connectivity index (χ4n) is 2.01. The van der Waals surface area contributed by atoms with E-state index in [0.29, 0.717) is 10.6 Å². The van der Waals surface area contributed by atoms with Gasteiger partial charge in [-0.25, -0.2) is 4.98 Å². The molecule has 0 aliphatic heterocycles. The average Bonchev–Trinajstić information content (AvgIpc) is 2.82. The van der Waals surface area contributed by atoms with E-state index in [2.05, 4.69) is 4.98 Å². The van der Waals surface area contributed by atoms with E-state index >= 15 is 0 Å². The number of nitrogens with two attached hydrogens (primary N) is 1. The van der Waals surface area contributed by atoms with Gasteiger partial charge in [0.15, 0.2) is 0 Å². The summed E-state index contributed by atoms with van der Waals surface area (Å²) in [5, 5.41) is 0.458. The molecule has 1 heterocycles. The molecule has 2 N–H and O–H groups in total. The molecule has 0 aliphatic carbocycles. The van der Waals surface area contributed by atoms with Crippen molar-refractivity contribution in [1.82, 2.24) is 9.55 Å². The summed E-state index contributed by atoms with van der Waals surface area (Å²) >= 11 is 6.21. The Balaban J connectivity index is 2.19. The number of hydrogen-bond donors (Lipinski definition) is 1. The van der Waals surface area contributed by atoms with Crippen LogP contribution in [0.5, 0.6) is 0 Å². The van der Waals surface area contributed by atoms with Crippen LogP contribution in [-0.4, -0.2) is 15.5 Å². The van der Waals surface area contributed by atoms with Gasteiger partial charge in [0, 0.05) is 5.56 Å². The zero-order valence-electron chi connectivity index (χ0n) is 9.88. The maximum absolute atomic E-state index is 11.1. The summed E-state index contributed by atoms with van der Waals surface area (Å²) in [4.78, 5) is 15.4. The number of benzene rings is 2. The Hall–Kier alpha value is -2.33. The number of para-hydroxylation sites is 2.